The Morgan fingerprint density at radius 3 is 2.61 bits per heavy atom. The SMILES string of the molecule is CCc1oc(-c2ccc(F)cc2)nc1CC(=O)O. The lowest BCUT2D eigenvalue weighted by molar-refractivity contribution is -0.136. The number of carboxylic acid groups (broad SMARTS) is 1. The van der Waals surface area contributed by atoms with E-state index < -0.39 is 5.97 Å². The van der Waals surface area contributed by atoms with Gasteiger partial charge in [0.05, 0.1) is 12.1 Å². The molecular weight excluding hydrogens is 237 g/mol. The first-order chi connectivity index (χ1) is 8.60. The Balaban J connectivity index is 2.37. The van der Waals surface area contributed by atoms with Crippen molar-refractivity contribution in [1.82, 2.24) is 4.98 Å². The zero-order chi connectivity index (χ0) is 13.1. The van der Waals surface area contributed by atoms with Crippen LogP contribution in [0.25, 0.3) is 11.5 Å². The van der Waals surface area contributed by atoms with Gasteiger partial charge < -0.3 is 9.52 Å². The average molecular weight is 249 g/mol. The van der Waals surface area contributed by atoms with Crippen LogP contribution in [0.2, 0.25) is 0 Å². The maximum absolute atomic E-state index is 12.8. The van der Waals surface area contributed by atoms with Gasteiger partial charge in [-0.05, 0) is 24.3 Å². The molecular formula is C13H12FNO3. The molecule has 0 aliphatic rings. The van der Waals surface area contributed by atoms with Crippen molar-refractivity contribution in [3.8, 4) is 11.5 Å². The number of rotatable bonds is 4. The number of hydrogen-bond acceptors (Lipinski definition) is 3. The number of aryl methyl sites for hydroxylation is 1. The molecule has 2 aromatic rings. The summed E-state index contributed by atoms with van der Waals surface area (Å²) < 4.78 is 18.3. The van der Waals surface area contributed by atoms with Gasteiger partial charge in [-0.25, -0.2) is 9.37 Å². The van der Waals surface area contributed by atoms with E-state index in [0.717, 1.165) is 0 Å². The molecule has 1 aromatic heterocycles. The molecule has 4 nitrogen and oxygen atoms in total. The summed E-state index contributed by atoms with van der Waals surface area (Å²) in [6, 6.07) is 5.71. The highest BCUT2D eigenvalue weighted by molar-refractivity contribution is 5.70. The van der Waals surface area contributed by atoms with E-state index in [-0.39, 0.29) is 12.2 Å². The van der Waals surface area contributed by atoms with Gasteiger partial charge in [-0.15, -0.1) is 0 Å². The number of aromatic nitrogens is 1. The highest BCUT2D eigenvalue weighted by atomic mass is 19.1. The second-order valence-electron chi connectivity index (χ2n) is 3.82. The second-order valence-corrected chi connectivity index (χ2v) is 3.82. The minimum atomic E-state index is -0.955. The van der Waals surface area contributed by atoms with Crippen LogP contribution in [0, 0.1) is 5.82 Å². The standard InChI is InChI=1S/C13H12FNO3/c1-2-11-10(7-12(16)17)15-13(18-11)8-3-5-9(14)6-4-8/h3-6H,2,7H2,1H3,(H,16,17). The molecule has 0 unspecified atom stereocenters. The molecule has 0 atom stereocenters. The summed E-state index contributed by atoms with van der Waals surface area (Å²) in [4.78, 5) is 14.8. The number of nitrogens with zero attached hydrogens (tertiary/aromatic N) is 1. The smallest absolute Gasteiger partial charge is 0.309 e. The third kappa shape index (κ3) is 2.56. The lowest BCUT2D eigenvalue weighted by Crippen LogP contribution is -2.02. The van der Waals surface area contributed by atoms with Gasteiger partial charge in [0.1, 0.15) is 11.6 Å². The van der Waals surface area contributed by atoms with Crippen LogP contribution in [-0.2, 0) is 17.6 Å². The first-order valence-corrected chi connectivity index (χ1v) is 5.56. The fourth-order valence-corrected chi connectivity index (χ4v) is 1.66. The van der Waals surface area contributed by atoms with Crippen LogP contribution in [0.15, 0.2) is 28.7 Å². The molecule has 0 saturated heterocycles. The van der Waals surface area contributed by atoms with Crippen molar-refractivity contribution in [2.45, 2.75) is 19.8 Å². The Morgan fingerprint density at radius 1 is 1.39 bits per heavy atom. The number of benzene rings is 1. The van der Waals surface area contributed by atoms with Gasteiger partial charge in [0.15, 0.2) is 0 Å². The van der Waals surface area contributed by atoms with Gasteiger partial charge in [-0.3, -0.25) is 4.79 Å². The molecule has 0 aliphatic carbocycles. The van der Waals surface area contributed by atoms with Crippen LogP contribution in [0.4, 0.5) is 4.39 Å². The van der Waals surface area contributed by atoms with E-state index >= 15 is 0 Å². The summed E-state index contributed by atoms with van der Waals surface area (Å²) in [5.41, 5.74) is 1.05. The molecule has 0 amide bonds. The van der Waals surface area contributed by atoms with E-state index in [2.05, 4.69) is 4.98 Å². The van der Waals surface area contributed by atoms with Gasteiger partial charge in [-0.2, -0.15) is 0 Å². The van der Waals surface area contributed by atoms with Gasteiger partial charge in [-0.1, -0.05) is 6.92 Å². The lowest BCUT2D eigenvalue weighted by atomic mass is 10.2. The molecule has 94 valence electrons. The third-order valence-electron chi connectivity index (χ3n) is 2.51. The zero-order valence-corrected chi connectivity index (χ0v) is 9.81. The molecule has 0 fully saturated rings. The molecule has 18 heavy (non-hydrogen) atoms. The van der Waals surface area contributed by atoms with Crippen LogP contribution in [0.5, 0.6) is 0 Å². The van der Waals surface area contributed by atoms with Crippen LogP contribution in [-0.4, -0.2) is 16.1 Å². The Morgan fingerprint density at radius 2 is 2.06 bits per heavy atom. The van der Waals surface area contributed by atoms with Crippen molar-refractivity contribution in [1.29, 1.82) is 0 Å². The van der Waals surface area contributed by atoms with Crippen molar-refractivity contribution in [3.05, 3.63) is 41.5 Å². The van der Waals surface area contributed by atoms with Gasteiger partial charge in [0, 0.05) is 12.0 Å². The van der Waals surface area contributed by atoms with E-state index in [4.69, 9.17) is 9.52 Å². The number of aliphatic carboxylic acids is 1. The minimum absolute atomic E-state index is 0.173. The summed E-state index contributed by atoms with van der Waals surface area (Å²) in [6.07, 6.45) is 0.394. The molecule has 0 saturated carbocycles. The Hall–Kier alpha value is -2.17. The van der Waals surface area contributed by atoms with E-state index in [1.807, 2.05) is 6.92 Å². The largest absolute Gasteiger partial charge is 0.481 e. The van der Waals surface area contributed by atoms with Crippen molar-refractivity contribution in [3.63, 3.8) is 0 Å². The molecule has 0 radical (unpaired) electrons. The van der Waals surface area contributed by atoms with Gasteiger partial charge in [0.25, 0.3) is 0 Å². The molecule has 1 aromatic carbocycles. The maximum atomic E-state index is 12.8. The predicted molar refractivity (Wildman–Crippen MR) is 62.6 cm³/mol. The van der Waals surface area contributed by atoms with Crippen molar-refractivity contribution < 1.29 is 18.7 Å². The minimum Gasteiger partial charge on any atom is -0.481 e. The quantitative estimate of drug-likeness (QED) is 0.904. The first-order valence-electron chi connectivity index (χ1n) is 5.56. The maximum Gasteiger partial charge on any atom is 0.309 e. The second kappa shape index (κ2) is 5.00. The van der Waals surface area contributed by atoms with Crippen molar-refractivity contribution in [2.24, 2.45) is 0 Å². The molecule has 2 rings (SSSR count). The van der Waals surface area contributed by atoms with E-state index in [1.54, 1.807) is 12.1 Å². The number of carboxylic acids is 1. The summed E-state index contributed by atoms with van der Waals surface area (Å²) in [5.74, 6) is -0.421. The molecule has 0 spiro atoms. The number of halogens is 1. The first kappa shape index (κ1) is 12.3. The van der Waals surface area contributed by atoms with Crippen LogP contribution < -0.4 is 0 Å². The fourth-order valence-electron chi connectivity index (χ4n) is 1.66. The van der Waals surface area contributed by atoms with E-state index in [1.165, 1.54) is 12.1 Å². The molecule has 0 aliphatic heterocycles. The molecule has 1 heterocycles. The monoisotopic (exact) mass is 249 g/mol. The summed E-state index contributed by atoms with van der Waals surface area (Å²) >= 11 is 0. The zero-order valence-electron chi connectivity index (χ0n) is 9.81. The topological polar surface area (TPSA) is 63.3 Å². The van der Waals surface area contributed by atoms with Crippen molar-refractivity contribution in [2.75, 3.05) is 0 Å². The summed E-state index contributed by atoms with van der Waals surface area (Å²) in [6.45, 7) is 1.86. The van der Waals surface area contributed by atoms with Gasteiger partial charge >= 0.3 is 5.97 Å². The predicted octanol–water partition coefficient (Wildman–Crippen LogP) is 2.67. The van der Waals surface area contributed by atoms with Gasteiger partial charge in [0.2, 0.25) is 5.89 Å². The van der Waals surface area contributed by atoms with E-state index in [0.29, 0.717) is 29.3 Å². The van der Waals surface area contributed by atoms with Crippen LogP contribution in [0.1, 0.15) is 18.4 Å². The number of carbonyl (C=O) groups is 1. The third-order valence-corrected chi connectivity index (χ3v) is 2.51. The summed E-state index contributed by atoms with van der Waals surface area (Å²) in [5, 5.41) is 8.77. The Labute approximate surface area is 103 Å². The highest BCUT2D eigenvalue weighted by Crippen LogP contribution is 2.23. The number of hydrogen-bond donors (Lipinski definition) is 1. The molecule has 0 bridgehead atoms. The lowest BCUT2D eigenvalue weighted by Gasteiger charge is -1.94. The fraction of sp³-hybridized carbons (Fsp3) is 0.231. The van der Waals surface area contributed by atoms with Crippen molar-refractivity contribution >= 4 is 5.97 Å². The van der Waals surface area contributed by atoms with Crippen LogP contribution in [0.3, 0.4) is 0 Å². The Bertz CT molecular complexity index is 560. The normalized spacial score (nSPS) is 10.6. The molecule has 1 N–H and O–H groups in total. The number of oxazole rings is 1. The Kier molecular flexibility index (Phi) is 3.41. The average Bonchev–Trinajstić information content (AvgIpc) is 2.72. The summed E-state index contributed by atoms with van der Waals surface area (Å²) in [7, 11) is 0. The highest BCUT2D eigenvalue weighted by Gasteiger charge is 2.15. The van der Waals surface area contributed by atoms with E-state index in [9.17, 15) is 9.18 Å². The molecule has 5 heteroatoms. The van der Waals surface area contributed by atoms with Crippen LogP contribution >= 0.6 is 0 Å².